The van der Waals surface area contributed by atoms with Crippen LogP contribution in [0.4, 0.5) is 14.5 Å². The number of ether oxygens (including phenoxy) is 1. The van der Waals surface area contributed by atoms with Gasteiger partial charge in [-0.05, 0) is 18.6 Å². The van der Waals surface area contributed by atoms with Gasteiger partial charge in [-0.25, -0.2) is 17.2 Å². The number of halogens is 2. The fourth-order valence-electron chi connectivity index (χ4n) is 1.67. The lowest BCUT2D eigenvalue weighted by molar-refractivity contribution is -0.119. The number of methoxy groups -OCH3 is 1. The maximum Gasteiger partial charge on any atom is 0.240 e. The summed E-state index contributed by atoms with van der Waals surface area (Å²) in [5.74, 6) is -2.83. The highest BCUT2D eigenvalue weighted by Crippen LogP contribution is 2.20. The van der Waals surface area contributed by atoms with Crippen molar-refractivity contribution < 1.29 is 26.7 Å². The zero-order valence-electron chi connectivity index (χ0n) is 12.3. The molecule has 6 nitrogen and oxygen atoms in total. The molecular weight excluding hydrogens is 318 g/mol. The zero-order chi connectivity index (χ0) is 16.8. The number of nitrogens with one attached hydrogen (secondary N) is 1. The number of carbonyl (C=O) groups excluding carboxylic acids is 1. The van der Waals surface area contributed by atoms with E-state index in [0.29, 0.717) is 23.9 Å². The van der Waals surface area contributed by atoms with Gasteiger partial charge in [-0.3, -0.25) is 9.10 Å². The van der Waals surface area contributed by atoms with Crippen LogP contribution in [0.3, 0.4) is 0 Å². The van der Waals surface area contributed by atoms with Gasteiger partial charge in [-0.15, -0.1) is 0 Å². The van der Waals surface area contributed by atoms with E-state index >= 15 is 0 Å². The molecule has 0 aromatic heterocycles. The molecule has 9 heteroatoms. The van der Waals surface area contributed by atoms with E-state index in [4.69, 9.17) is 4.74 Å². The number of carbonyl (C=O) groups is 1. The van der Waals surface area contributed by atoms with E-state index in [1.807, 2.05) is 0 Å². The van der Waals surface area contributed by atoms with Gasteiger partial charge in [0.15, 0.2) is 11.6 Å². The van der Waals surface area contributed by atoms with Crippen LogP contribution in [-0.4, -0.2) is 47.4 Å². The molecular formula is C13H18F2N2O4S. The van der Waals surface area contributed by atoms with Gasteiger partial charge < -0.3 is 10.1 Å². The summed E-state index contributed by atoms with van der Waals surface area (Å²) < 4.78 is 55.2. The topological polar surface area (TPSA) is 75.7 Å². The van der Waals surface area contributed by atoms with E-state index in [1.54, 1.807) is 0 Å². The fourth-order valence-corrected chi connectivity index (χ4v) is 2.52. The van der Waals surface area contributed by atoms with Crippen molar-refractivity contribution in [2.75, 3.05) is 37.4 Å². The number of amides is 1. The summed E-state index contributed by atoms with van der Waals surface area (Å²) in [5, 5.41) is 2.52. The first-order chi connectivity index (χ1) is 10.3. The first-order valence-electron chi connectivity index (χ1n) is 6.44. The molecule has 0 atom stereocenters. The minimum atomic E-state index is -3.82. The second-order valence-corrected chi connectivity index (χ2v) is 6.47. The Labute approximate surface area is 128 Å². The molecule has 1 N–H and O–H groups in total. The molecule has 0 saturated carbocycles. The Balaban J connectivity index is 2.82. The molecule has 0 aliphatic heterocycles. The summed E-state index contributed by atoms with van der Waals surface area (Å²) in [6, 6.07) is 2.63. The Bertz CT molecular complexity index is 622. The van der Waals surface area contributed by atoms with Gasteiger partial charge >= 0.3 is 0 Å². The van der Waals surface area contributed by atoms with E-state index in [0.717, 1.165) is 24.5 Å². The van der Waals surface area contributed by atoms with Crippen LogP contribution >= 0.6 is 0 Å². The van der Waals surface area contributed by atoms with Gasteiger partial charge in [0, 0.05) is 26.3 Å². The average Bonchev–Trinajstić information content (AvgIpc) is 2.43. The third-order valence-corrected chi connectivity index (χ3v) is 3.87. The summed E-state index contributed by atoms with van der Waals surface area (Å²) in [6.07, 6.45) is 1.46. The van der Waals surface area contributed by atoms with Crippen molar-refractivity contribution in [2.24, 2.45) is 0 Å². The average molecular weight is 336 g/mol. The van der Waals surface area contributed by atoms with E-state index < -0.39 is 34.1 Å². The van der Waals surface area contributed by atoms with Crippen LogP contribution in [0.15, 0.2) is 18.2 Å². The molecule has 0 unspecified atom stereocenters. The lowest BCUT2D eigenvalue weighted by atomic mass is 10.3. The van der Waals surface area contributed by atoms with Crippen LogP contribution in [-0.2, 0) is 19.6 Å². The standard InChI is InChI=1S/C13H18F2N2O4S/c1-21-7-3-6-16-13(18)9-17(22(2,19)20)10-4-5-11(14)12(15)8-10/h4-5,8H,3,6-7,9H2,1-2H3,(H,16,18). The Morgan fingerprint density at radius 3 is 2.55 bits per heavy atom. The second kappa shape index (κ2) is 8.04. The molecule has 0 aliphatic carbocycles. The minimum absolute atomic E-state index is 0.117. The van der Waals surface area contributed by atoms with Crippen LogP contribution in [0.5, 0.6) is 0 Å². The first-order valence-corrected chi connectivity index (χ1v) is 8.29. The summed E-state index contributed by atoms with van der Waals surface area (Å²) in [4.78, 5) is 11.8. The number of rotatable bonds is 8. The Morgan fingerprint density at radius 2 is 2.00 bits per heavy atom. The van der Waals surface area contributed by atoms with Gasteiger partial charge in [0.1, 0.15) is 6.54 Å². The number of hydrogen-bond acceptors (Lipinski definition) is 4. The predicted molar refractivity (Wildman–Crippen MR) is 78.1 cm³/mol. The predicted octanol–water partition coefficient (Wildman–Crippen LogP) is 0.883. The number of benzene rings is 1. The van der Waals surface area contributed by atoms with Crippen molar-refractivity contribution in [1.82, 2.24) is 5.32 Å². The van der Waals surface area contributed by atoms with Crippen molar-refractivity contribution in [2.45, 2.75) is 6.42 Å². The van der Waals surface area contributed by atoms with Crippen LogP contribution in [0.1, 0.15) is 6.42 Å². The molecule has 124 valence electrons. The molecule has 0 fully saturated rings. The van der Waals surface area contributed by atoms with Crippen molar-refractivity contribution in [3.8, 4) is 0 Å². The van der Waals surface area contributed by atoms with Gasteiger partial charge in [-0.1, -0.05) is 0 Å². The van der Waals surface area contributed by atoms with Crippen LogP contribution in [0.2, 0.25) is 0 Å². The summed E-state index contributed by atoms with van der Waals surface area (Å²) in [5.41, 5.74) is -0.117. The molecule has 0 heterocycles. The maximum absolute atomic E-state index is 13.2. The molecule has 22 heavy (non-hydrogen) atoms. The normalized spacial score (nSPS) is 11.3. The van der Waals surface area contributed by atoms with Crippen molar-refractivity contribution in [3.63, 3.8) is 0 Å². The molecule has 0 aliphatic rings. The van der Waals surface area contributed by atoms with Gasteiger partial charge in [0.25, 0.3) is 0 Å². The summed E-state index contributed by atoms with van der Waals surface area (Å²) >= 11 is 0. The number of anilines is 1. The van der Waals surface area contributed by atoms with E-state index in [2.05, 4.69) is 5.32 Å². The highest BCUT2D eigenvalue weighted by atomic mass is 32.2. The van der Waals surface area contributed by atoms with Crippen LogP contribution in [0.25, 0.3) is 0 Å². The van der Waals surface area contributed by atoms with Crippen molar-refractivity contribution in [3.05, 3.63) is 29.8 Å². The minimum Gasteiger partial charge on any atom is -0.385 e. The van der Waals surface area contributed by atoms with E-state index in [9.17, 15) is 22.0 Å². The molecule has 0 radical (unpaired) electrons. The van der Waals surface area contributed by atoms with Crippen molar-refractivity contribution >= 4 is 21.6 Å². The maximum atomic E-state index is 13.2. The monoisotopic (exact) mass is 336 g/mol. The molecule has 1 amide bonds. The van der Waals surface area contributed by atoms with Crippen LogP contribution in [0, 0.1) is 11.6 Å². The second-order valence-electron chi connectivity index (χ2n) is 4.56. The first kappa shape index (κ1) is 18.3. The fraction of sp³-hybridized carbons (Fsp3) is 0.462. The highest BCUT2D eigenvalue weighted by molar-refractivity contribution is 7.92. The lowest BCUT2D eigenvalue weighted by Crippen LogP contribution is -2.40. The smallest absolute Gasteiger partial charge is 0.240 e. The van der Waals surface area contributed by atoms with Crippen molar-refractivity contribution in [1.29, 1.82) is 0 Å². The molecule has 1 rings (SSSR count). The third-order valence-electron chi connectivity index (χ3n) is 2.73. The molecule has 0 spiro atoms. The van der Waals surface area contributed by atoms with E-state index in [-0.39, 0.29) is 5.69 Å². The zero-order valence-corrected chi connectivity index (χ0v) is 13.1. The number of nitrogens with zero attached hydrogens (tertiary/aromatic N) is 1. The van der Waals surface area contributed by atoms with Crippen LogP contribution < -0.4 is 9.62 Å². The third kappa shape index (κ3) is 5.57. The Hall–Kier alpha value is -1.74. The SMILES string of the molecule is COCCCNC(=O)CN(c1ccc(F)c(F)c1)S(C)(=O)=O. The summed E-state index contributed by atoms with van der Waals surface area (Å²) in [6.45, 7) is 0.262. The Morgan fingerprint density at radius 1 is 1.32 bits per heavy atom. The van der Waals surface area contributed by atoms with Gasteiger partial charge in [0.2, 0.25) is 15.9 Å². The number of hydrogen-bond donors (Lipinski definition) is 1. The Kier molecular flexibility index (Phi) is 6.69. The highest BCUT2D eigenvalue weighted by Gasteiger charge is 2.21. The quantitative estimate of drug-likeness (QED) is 0.715. The molecule has 1 aromatic rings. The van der Waals surface area contributed by atoms with Gasteiger partial charge in [-0.2, -0.15) is 0 Å². The molecule has 0 saturated heterocycles. The van der Waals surface area contributed by atoms with Gasteiger partial charge in [0.05, 0.1) is 11.9 Å². The number of sulfonamides is 1. The largest absolute Gasteiger partial charge is 0.385 e. The van der Waals surface area contributed by atoms with E-state index in [1.165, 1.54) is 7.11 Å². The molecule has 0 bridgehead atoms. The summed E-state index contributed by atoms with van der Waals surface area (Å²) in [7, 11) is -2.30. The lowest BCUT2D eigenvalue weighted by Gasteiger charge is -2.22. The molecule has 1 aromatic carbocycles.